The van der Waals surface area contributed by atoms with E-state index in [0.29, 0.717) is 5.92 Å². The van der Waals surface area contributed by atoms with Crippen molar-refractivity contribution < 1.29 is 14.3 Å². The molecule has 1 atom stereocenters. The number of carbonyl (C=O) groups is 2. The lowest BCUT2D eigenvalue weighted by Gasteiger charge is -2.30. The number of amides is 1. The normalized spacial score (nSPS) is 24.5. The highest BCUT2D eigenvalue weighted by atomic mass is 16.6. The van der Waals surface area contributed by atoms with Crippen molar-refractivity contribution >= 4 is 11.9 Å². The summed E-state index contributed by atoms with van der Waals surface area (Å²) in [6, 6.07) is -0.559. The molecule has 1 rings (SSSR count). The predicted molar refractivity (Wildman–Crippen MR) is 83.7 cm³/mol. The Morgan fingerprint density at radius 1 is 1.10 bits per heavy atom. The van der Waals surface area contributed by atoms with Gasteiger partial charge in [0.25, 0.3) is 0 Å². The van der Waals surface area contributed by atoms with E-state index >= 15 is 0 Å². The summed E-state index contributed by atoms with van der Waals surface area (Å²) in [5, 5.41) is 2.91. The lowest BCUT2D eigenvalue weighted by molar-refractivity contribution is -0.160. The van der Waals surface area contributed by atoms with Gasteiger partial charge in [-0.2, -0.15) is 0 Å². The Morgan fingerprint density at radius 2 is 1.62 bits per heavy atom. The van der Waals surface area contributed by atoms with Crippen LogP contribution in [-0.2, 0) is 14.3 Å². The molecular weight excluding hydrogens is 266 g/mol. The molecule has 0 radical (unpaired) electrons. The molecule has 1 saturated carbocycles. The molecule has 0 aliphatic heterocycles. The monoisotopic (exact) mass is 297 g/mol. The molecule has 0 aromatic carbocycles. The Balaban J connectivity index is 2.61. The third-order valence-corrected chi connectivity index (χ3v) is 4.01. The standard InChI is InChI=1S/C17H31NO3/c1-11(2)14(16(20)21-17(4,5)6)18-15(19)13-9-7-12(3)8-10-13/h11-14H,7-10H2,1-6H3,(H,18,19)/t12?,13?,14-/m0/s1. The van der Waals surface area contributed by atoms with Gasteiger partial charge in [0, 0.05) is 5.92 Å². The zero-order chi connectivity index (χ0) is 16.2. The molecular formula is C17H31NO3. The molecule has 21 heavy (non-hydrogen) atoms. The van der Waals surface area contributed by atoms with Crippen LogP contribution in [0.5, 0.6) is 0 Å². The maximum absolute atomic E-state index is 12.4. The number of carbonyl (C=O) groups excluding carboxylic acids is 2. The van der Waals surface area contributed by atoms with E-state index in [1.807, 2.05) is 34.6 Å². The van der Waals surface area contributed by atoms with Crippen LogP contribution in [0, 0.1) is 17.8 Å². The fourth-order valence-corrected chi connectivity index (χ4v) is 2.66. The smallest absolute Gasteiger partial charge is 0.329 e. The third-order valence-electron chi connectivity index (χ3n) is 4.01. The molecule has 0 saturated heterocycles. The Hall–Kier alpha value is -1.06. The number of hydrogen-bond donors (Lipinski definition) is 1. The largest absolute Gasteiger partial charge is 0.458 e. The summed E-state index contributed by atoms with van der Waals surface area (Å²) in [6.45, 7) is 11.6. The fourth-order valence-electron chi connectivity index (χ4n) is 2.66. The lowest BCUT2D eigenvalue weighted by atomic mass is 9.82. The highest BCUT2D eigenvalue weighted by Crippen LogP contribution is 2.28. The Kier molecular flexibility index (Phi) is 6.24. The van der Waals surface area contributed by atoms with Gasteiger partial charge in [-0.25, -0.2) is 4.79 Å². The van der Waals surface area contributed by atoms with E-state index in [4.69, 9.17) is 4.74 Å². The van der Waals surface area contributed by atoms with Gasteiger partial charge in [0.05, 0.1) is 0 Å². The van der Waals surface area contributed by atoms with Gasteiger partial charge in [0.15, 0.2) is 0 Å². The SMILES string of the molecule is CC1CCC(C(=O)N[C@H](C(=O)OC(C)(C)C)C(C)C)CC1. The van der Waals surface area contributed by atoms with Crippen molar-refractivity contribution in [1.29, 1.82) is 0 Å². The second kappa shape index (κ2) is 7.28. The number of ether oxygens (including phenoxy) is 1. The quantitative estimate of drug-likeness (QED) is 0.810. The lowest BCUT2D eigenvalue weighted by Crippen LogP contribution is -2.49. The maximum atomic E-state index is 12.4. The summed E-state index contributed by atoms with van der Waals surface area (Å²) in [4.78, 5) is 24.6. The minimum Gasteiger partial charge on any atom is -0.458 e. The Bertz CT molecular complexity index is 363. The molecule has 0 spiro atoms. The van der Waals surface area contributed by atoms with Crippen LogP contribution < -0.4 is 5.32 Å². The van der Waals surface area contributed by atoms with Crippen molar-refractivity contribution in [2.45, 2.75) is 78.9 Å². The van der Waals surface area contributed by atoms with Gasteiger partial charge in [-0.1, -0.05) is 20.8 Å². The van der Waals surface area contributed by atoms with Crippen LogP contribution in [0.1, 0.15) is 67.2 Å². The second-order valence-electron chi connectivity index (χ2n) is 7.72. The molecule has 0 heterocycles. The highest BCUT2D eigenvalue weighted by molar-refractivity contribution is 5.86. The van der Waals surface area contributed by atoms with Crippen LogP contribution in [0.2, 0.25) is 0 Å². The second-order valence-corrected chi connectivity index (χ2v) is 7.72. The molecule has 0 aromatic heterocycles. The first-order valence-corrected chi connectivity index (χ1v) is 8.13. The van der Waals surface area contributed by atoms with Crippen LogP contribution in [0.4, 0.5) is 0 Å². The van der Waals surface area contributed by atoms with Crippen molar-refractivity contribution in [3.8, 4) is 0 Å². The van der Waals surface area contributed by atoms with E-state index in [1.165, 1.54) is 0 Å². The predicted octanol–water partition coefficient (Wildman–Crippen LogP) is 3.30. The zero-order valence-corrected chi connectivity index (χ0v) is 14.4. The van der Waals surface area contributed by atoms with Crippen molar-refractivity contribution in [1.82, 2.24) is 5.32 Å². The summed E-state index contributed by atoms with van der Waals surface area (Å²) in [6.07, 6.45) is 4.03. The molecule has 1 N–H and O–H groups in total. The third kappa shape index (κ3) is 6.06. The number of rotatable bonds is 4. The Labute approximate surface area is 129 Å². The molecule has 1 fully saturated rings. The minimum atomic E-state index is -0.559. The molecule has 0 aromatic rings. The fraction of sp³-hybridized carbons (Fsp3) is 0.882. The number of nitrogens with one attached hydrogen (secondary N) is 1. The Morgan fingerprint density at radius 3 is 2.05 bits per heavy atom. The average molecular weight is 297 g/mol. The maximum Gasteiger partial charge on any atom is 0.329 e. The van der Waals surface area contributed by atoms with E-state index in [0.717, 1.165) is 25.7 Å². The van der Waals surface area contributed by atoms with Crippen molar-refractivity contribution in [2.24, 2.45) is 17.8 Å². The average Bonchev–Trinajstić information content (AvgIpc) is 2.33. The molecule has 4 heteroatoms. The van der Waals surface area contributed by atoms with Gasteiger partial charge in [0.1, 0.15) is 11.6 Å². The summed E-state index contributed by atoms with van der Waals surface area (Å²) in [5.74, 6) is 0.443. The van der Waals surface area contributed by atoms with Crippen LogP contribution in [0.25, 0.3) is 0 Å². The molecule has 0 unspecified atom stereocenters. The van der Waals surface area contributed by atoms with Crippen LogP contribution in [-0.4, -0.2) is 23.5 Å². The highest BCUT2D eigenvalue weighted by Gasteiger charge is 2.32. The van der Waals surface area contributed by atoms with Crippen LogP contribution in [0.3, 0.4) is 0 Å². The van der Waals surface area contributed by atoms with Gasteiger partial charge in [-0.15, -0.1) is 0 Å². The first-order chi connectivity index (χ1) is 9.60. The van der Waals surface area contributed by atoms with E-state index in [1.54, 1.807) is 0 Å². The summed E-state index contributed by atoms with van der Waals surface area (Å²) in [7, 11) is 0. The molecule has 122 valence electrons. The zero-order valence-electron chi connectivity index (χ0n) is 14.4. The van der Waals surface area contributed by atoms with Gasteiger partial charge in [-0.05, 0) is 58.3 Å². The van der Waals surface area contributed by atoms with Gasteiger partial charge < -0.3 is 10.1 Å². The first-order valence-electron chi connectivity index (χ1n) is 8.13. The van der Waals surface area contributed by atoms with E-state index in [2.05, 4.69) is 12.2 Å². The van der Waals surface area contributed by atoms with Gasteiger partial charge in [0.2, 0.25) is 5.91 Å². The molecule has 1 amide bonds. The summed E-state index contributed by atoms with van der Waals surface area (Å²) in [5.41, 5.74) is -0.533. The number of hydrogen-bond acceptors (Lipinski definition) is 3. The minimum absolute atomic E-state index is 0.00598. The van der Waals surface area contributed by atoms with E-state index in [-0.39, 0.29) is 23.7 Å². The first kappa shape index (κ1) is 18.0. The molecule has 0 bridgehead atoms. The van der Waals surface area contributed by atoms with Crippen molar-refractivity contribution in [3.05, 3.63) is 0 Å². The van der Waals surface area contributed by atoms with Gasteiger partial charge >= 0.3 is 5.97 Å². The topological polar surface area (TPSA) is 55.4 Å². The van der Waals surface area contributed by atoms with Crippen LogP contribution in [0.15, 0.2) is 0 Å². The summed E-state index contributed by atoms with van der Waals surface area (Å²) >= 11 is 0. The molecule has 4 nitrogen and oxygen atoms in total. The van der Waals surface area contributed by atoms with Crippen molar-refractivity contribution in [3.63, 3.8) is 0 Å². The van der Waals surface area contributed by atoms with E-state index in [9.17, 15) is 9.59 Å². The van der Waals surface area contributed by atoms with Crippen LogP contribution >= 0.6 is 0 Å². The molecule has 1 aliphatic rings. The van der Waals surface area contributed by atoms with E-state index < -0.39 is 11.6 Å². The summed E-state index contributed by atoms with van der Waals surface area (Å²) < 4.78 is 5.41. The molecule has 1 aliphatic carbocycles. The van der Waals surface area contributed by atoms with Gasteiger partial charge in [-0.3, -0.25) is 4.79 Å². The number of esters is 1. The van der Waals surface area contributed by atoms with Crippen molar-refractivity contribution in [2.75, 3.05) is 0 Å².